The first-order chi connectivity index (χ1) is 17.4. The van der Waals surface area contributed by atoms with Gasteiger partial charge in [-0.15, -0.1) is 0 Å². The average molecular weight is 514 g/mol. The maximum atomic E-state index is 12.0. The van der Waals surface area contributed by atoms with Crippen molar-refractivity contribution in [2.24, 2.45) is 5.92 Å². The molecule has 2 aromatic carbocycles. The zero-order valence-corrected chi connectivity index (χ0v) is 21.6. The summed E-state index contributed by atoms with van der Waals surface area (Å²) in [6.07, 6.45) is 0.615. The molecule has 9 heteroatoms. The molecule has 0 saturated heterocycles. The maximum absolute atomic E-state index is 12.0. The Morgan fingerprint density at radius 3 is 1.86 bits per heavy atom. The van der Waals surface area contributed by atoms with Crippen LogP contribution in [0.2, 0.25) is 0 Å². The van der Waals surface area contributed by atoms with Crippen LogP contribution in [0.3, 0.4) is 0 Å². The Hall–Kier alpha value is -3.75. The number of hydrogen-bond donors (Lipinski definition) is 3. The van der Waals surface area contributed by atoms with E-state index < -0.39 is 35.6 Å². The molecule has 0 heterocycles. The topological polar surface area (TPSA) is 131 Å². The molecule has 2 atom stereocenters. The van der Waals surface area contributed by atoms with E-state index in [2.05, 4.69) is 5.32 Å². The number of aliphatic carboxylic acids is 2. The highest BCUT2D eigenvalue weighted by molar-refractivity contribution is 5.81. The lowest BCUT2D eigenvalue weighted by atomic mass is 9.91. The van der Waals surface area contributed by atoms with Crippen LogP contribution in [0.4, 0.5) is 4.79 Å². The molecule has 9 nitrogen and oxygen atoms in total. The molecule has 0 aromatic heterocycles. The molecular formula is C28H35NO8. The van der Waals surface area contributed by atoms with Crippen molar-refractivity contribution in [3.8, 4) is 11.5 Å². The number of aryl methyl sites for hydroxylation is 1. The molecule has 200 valence electrons. The number of carbonyl (C=O) groups excluding carboxylic acids is 1. The molecule has 3 rings (SSSR count). The number of ether oxygens (including phenoxy) is 3. The highest BCUT2D eigenvalue weighted by Gasteiger charge is 2.33. The largest absolute Gasteiger partial charge is 0.490 e. The van der Waals surface area contributed by atoms with Gasteiger partial charge in [-0.25, -0.2) is 9.59 Å². The highest BCUT2D eigenvalue weighted by atomic mass is 16.6. The van der Waals surface area contributed by atoms with Crippen LogP contribution in [0, 0.1) is 12.8 Å². The number of nitrogens with one attached hydrogen (secondary N) is 1. The number of rotatable bonds is 11. The van der Waals surface area contributed by atoms with Crippen LogP contribution in [0.15, 0.2) is 48.5 Å². The predicted octanol–water partition coefficient (Wildman–Crippen LogP) is 4.60. The summed E-state index contributed by atoms with van der Waals surface area (Å²) in [5.74, 6) is -1.98. The van der Waals surface area contributed by atoms with Gasteiger partial charge >= 0.3 is 18.0 Å². The van der Waals surface area contributed by atoms with E-state index in [1.165, 1.54) is 5.56 Å². The molecule has 0 aliphatic heterocycles. The maximum Gasteiger partial charge on any atom is 0.408 e. The third-order valence-corrected chi connectivity index (χ3v) is 5.94. The third kappa shape index (κ3) is 9.00. The van der Waals surface area contributed by atoms with Crippen LogP contribution in [0.25, 0.3) is 0 Å². The smallest absolute Gasteiger partial charge is 0.408 e. The summed E-state index contributed by atoms with van der Waals surface area (Å²) < 4.78 is 17.0. The molecule has 0 spiro atoms. The fourth-order valence-electron chi connectivity index (χ4n) is 3.93. The number of carboxylic acids is 2. The SMILES string of the molecule is Cc1ccc(O[C@H]2C[C@H](Oc3ccc(CC(C[C@H](NC(=O)OC(C)(C)C)C(=O)O)C(=O)O)cc3)C2)cc1. The van der Waals surface area contributed by atoms with Gasteiger partial charge < -0.3 is 29.7 Å². The Morgan fingerprint density at radius 2 is 1.41 bits per heavy atom. The van der Waals surface area contributed by atoms with Gasteiger partial charge in [-0.3, -0.25) is 4.79 Å². The Morgan fingerprint density at radius 1 is 0.892 bits per heavy atom. The first kappa shape index (κ1) is 27.8. The number of carboxylic acid groups (broad SMARTS) is 2. The first-order valence-electron chi connectivity index (χ1n) is 12.3. The van der Waals surface area contributed by atoms with E-state index in [1.54, 1.807) is 45.0 Å². The lowest BCUT2D eigenvalue weighted by Crippen LogP contribution is -2.45. The van der Waals surface area contributed by atoms with Crippen LogP contribution < -0.4 is 14.8 Å². The normalized spacial score (nSPS) is 18.6. The molecule has 0 bridgehead atoms. The monoisotopic (exact) mass is 513 g/mol. The van der Waals surface area contributed by atoms with E-state index in [4.69, 9.17) is 14.2 Å². The summed E-state index contributed by atoms with van der Waals surface area (Å²) in [4.78, 5) is 35.5. The van der Waals surface area contributed by atoms with E-state index in [0.29, 0.717) is 5.75 Å². The van der Waals surface area contributed by atoms with E-state index >= 15 is 0 Å². The Balaban J connectivity index is 1.49. The molecule has 3 N–H and O–H groups in total. The fourth-order valence-corrected chi connectivity index (χ4v) is 3.93. The predicted molar refractivity (Wildman–Crippen MR) is 136 cm³/mol. The van der Waals surface area contributed by atoms with E-state index in [9.17, 15) is 24.6 Å². The summed E-state index contributed by atoms with van der Waals surface area (Å²) >= 11 is 0. The number of alkyl carbamates (subject to hydrolysis) is 1. The average Bonchev–Trinajstić information content (AvgIpc) is 2.77. The standard InChI is InChI=1S/C28H35NO8/c1-17-5-9-20(10-6-17)35-22-15-23(16-22)36-21-11-7-18(8-12-21)13-19(25(30)31)14-24(26(32)33)29-27(34)37-28(2,3)4/h5-12,19,22-24H,13-16H2,1-4H3,(H,29,34)(H,30,31)(H,32,33)/t19?,22-,23-,24-/m0/s1. The lowest BCUT2D eigenvalue weighted by Gasteiger charge is -2.35. The number of amides is 1. The molecule has 2 aromatic rings. The molecule has 1 aliphatic rings. The summed E-state index contributed by atoms with van der Waals surface area (Å²) in [7, 11) is 0. The van der Waals surface area contributed by atoms with Crippen molar-refractivity contribution in [1.29, 1.82) is 0 Å². The summed E-state index contributed by atoms with van der Waals surface area (Å²) in [6.45, 7) is 6.98. The van der Waals surface area contributed by atoms with Gasteiger partial charge in [0.25, 0.3) is 0 Å². The quantitative estimate of drug-likeness (QED) is 0.397. The second kappa shape index (κ2) is 12.0. The van der Waals surface area contributed by atoms with Gasteiger partial charge in [0.2, 0.25) is 0 Å². The van der Waals surface area contributed by atoms with Crippen molar-refractivity contribution in [1.82, 2.24) is 5.32 Å². The minimum atomic E-state index is -1.40. The van der Waals surface area contributed by atoms with Crippen molar-refractivity contribution < 1.29 is 38.8 Å². The molecule has 1 fully saturated rings. The number of carbonyl (C=O) groups is 3. The van der Waals surface area contributed by atoms with Crippen LogP contribution in [-0.4, -0.2) is 52.1 Å². The van der Waals surface area contributed by atoms with Crippen molar-refractivity contribution >= 4 is 18.0 Å². The zero-order valence-electron chi connectivity index (χ0n) is 21.6. The molecule has 1 aliphatic carbocycles. The van der Waals surface area contributed by atoms with E-state index in [-0.39, 0.29) is 25.0 Å². The van der Waals surface area contributed by atoms with Gasteiger partial charge in [-0.05, 0) is 70.4 Å². The van der Waals surface area contributed by atoms with Gasteiger partial charge in [-0.1, -0.05) is 29.8 Å². The Kier molecular flexibility index (Phi) is 9.02. The van der Waals surface area contributed by atoms with Crippen molar-refractivity contribution in [2.45, 2.75) is 77.2 Å². The first-order valence-corrected chi connectivity index (χ1v) is 12.3. The van der Waals surface area contributed by atoms with Gasteiger partial charge in [-0.2, -0.15) is 0 Å². The summed E-state index contributed by atoms with van der Waals surface area (Å²) in [6, 6.07) is 13.6. The molecule has 1 amide bonds. The van der Waals surface area contributed by atoms with E-state index in [1.807, 2.05) is 31.2 Å². The molecule has 1 unspecified atom stereocenters. The summed E-state index contributed by atoms with van der Waals surface area (Å²) in [5, 5.41) is 21.4. The molecule has 0 radical (unpaired) electrons. The highest BCUT2D eigenvalue weighted by Crippen LogP contribution is 2.30. The minimum absolute atomic E-state index is 0.0447. The van der Waals surface area contributed by atoms with Crippen LogP contribution in [0.1, 0.15) is 51.2 Å². The Bertz CT molecular complexity index is 1070. The third-order valence-electron chi connectivity index (χ3n) is 5.94. The number of hydrogen-bond acceptors (Lipinski definition) is 6. The van der Waals surface area contributed by atoms with Crippen LogP contribution in [0.5, 0.6) is 11.5 Å². The fraction of sp³-hybridized carbons (Fsp3) is 0.464. The van der Waals surface area contributed by atoms with Crippen molar-refractivity contribution in [2.75, 3.05) is 0 Å². The lowest BCUT2D eigenvalue weighted by molar-refractivity contribution is -0.144. The van der Waals surface area contributed by atoms with Crippen molar-refractivity contribution in [3.05, 3.63) is 59.7 Å². The second-order valence-electron chi connectivity index (χ2n) is 10.4. The van der Waals surface area contributed by atoms with Crippen LogP contribution in [-0.2, 0) is 20.7 Å². The molecule has 37 heavy (non-hydrogen) atoms. The molecule has 1 saturated carbocycles. The van der Waals surface area contributed by atoms with E-state index in [0.717, 1.165) is 24.2 Å². The summed E-state index contributed by atoms with van der Waals surface area (Å²) in [5.41, 5.74) is 1.09. The number of benzene rings is 2. The van der Waals surface area contributed by atoms with Gasteiger partial charge in [0, 0.05) is 12.8 Å². The van der Waals surface area contributed by atoms with Gasteiger partial charge in [0.1, 0.15) is 35.3 Å². The van der Waals surface area contributed by atoms with Gasteiger partial charge in [0.05, 0.1) is 5.92 Å². The second-order valence-corrected chi connectivity index (χ2v) is 10.4. The van der Waals surface area contributed by atoms with Gasteiger partial charge in [0.15, 0.2) is 0 Å². The zero-order chi connectivity index (χ0) is 27.2. The minimum Gasteiger partial charge on any atom is -0.490 e. The molecular weight excluding hydrogens is 478 g/mol. The van der Waals surface area contributed by atoms with Crippen molar-refractivity contribution in [3.63, 3.8) is 0 Å². The van der Waals surface area contributed by atoms with Crippen LogP contribution >= 0.6 is 0 Å². The Labute approximate surface area is 216 Å².